The summed E-state index contributed by atoms with van der Waals surface area (Å²) < 4.78 is 0. The second-order valence-corrected chi connectivity index (χ2v) is 4.91. The van der Waals surface area contributed by atoms with Gasteiger partial charge in [0.25, 0.3) is 0 Å². The Balaban J connectivity index is 2.12. The van der Waals surface area contributed by atoms with Crippen LogP contribution in [0.2, 0.25) is 0 Å². The normalized spacial score (nSPS) is 11.1. The van der Waals surface area contributed by atoms with Crippen LogP contribution in [-0.2, 0) is 4.79 Å². The third-order valence-corrected chi connectivity index (χ3v) is 3.09. The molecule has 0 fully saturated rings. The topological polar surface area (TPSA) is 54.4 Å². The number of carbonyl (C=O) groups is 2. The van der Waals surface area contributed by atoms with E-state index in [1.54, 1.807) is 24.3 Å². The number of rotatable bonds is 5. The summed E-state index contributed by atoms with van der Waals surface area (Å²) >= 11 is 0. The molecule has 0 saturated carbocycles. The molecule has 1 N–H and O–H groups in total. The van der Waals surface area contributed by atoms with Crippen LogP contribution in [0.1, 0.15) is 27.0 Å². The highest BCUT2D eigenvalue weighted by atomic mass is 16.4. The molecule has 0 heterocycles. The van der Waals surface area contributed by atoms with E-state index >= 15 is 0 Å². The van der Waals surface area contributed by atoms with E-state index in [0.29, 0.717) is 5.56 Å². The van der Waals surface area contributed by atoms with Crippen molar-refractivity contribution in [3.8, 4) is 0 Å². The second kappa shape index (κ2) is 7.18. The molecule has 110 valence electrons. The quantitative estimate of drug-likeness (QED) is 0.669. The largest absolute Gasteiger partial charge is 0.478 e. The molecular weight excluding hydrogens is 276 g/mol. The van der Waals surface area contributed by atoms with Crippen LogP contribution in [0, 0.1) is 6.92 Å². The van der Waals surface area contributed by atoms with Crippen LogP contribution in [0.4, 0.5) is 0 Å². The van der Waals surface area contributed by atoms with Crippen molar-refractivity contribution in [3.05, 3.63) is 82.9 Å². The lowest BCUT2D eigenvalue weighted by molar-refractivity contribution is -0.131. The zero-order chi connectivity index (χ0) is 15.9. The Bertz CT molecular complexity index is 738. The third-order valence-electron chi connectivity index (χ3n) is 3.09. The van der Waals surface area contributed by atoms with Crippen molar-refractivity contribution in [1.82, 2.24) is 0 Å². The molecule has 2 aromatic rings. The minimum absolute atomic E-state index is 0.0634. The first-order valence-corrected chi connectivity index (χ1v) is 6.85. The monoisotopic (exact) mass is 292 g/mol. The van der Waals surface area contributed by atoms with E-state index in [1.165, 1.54) is 12.2 Å². The summed E-state index contributed by atoms with van der Waals surface area (Å²) in [5, 5.41) is 8.62. The number of carbonyl (C=O) groups excluding carboxylic acids is 1. The van der Waals surface area contributed by atoms with Crippen molar-refractivity contribution in [1.29, 1.82) is 0 Å². The summed E-state index contributed by atoms with van der Waals surface area (Å²) in [5.41, 5.74) is 3.36. The van der Waals surface area contributed by atoms with Gasteiger partial charge in [-0.3, -0.25) is 4.79 Å². The van der Waals surface area contributed by atoms with Gasteiger partial charge < -0.3 is 5.11 Å². The summed E-state index contributed by atoms with van der Waals surface area (Å²) in [6, 6.07) is 14.7. The number of hydrogen-bond acceptors (Lipinski definition) is 2. The molecule has 2 aromatic carbocycles. The molecule has 0 aliphatic rings. The smallest absolute Gasteiger partial charge is 0.328 e. The van der Waals surface area contributed by atoms with Crippen LogP contribution in [0.15, 0.2) is 60.7 Å². The number of carboxylic acid groups (broad SMARTS) is 1. The van der Waals surface area contributed by atoms with E-state index in [4.69, 9.17) is 5.11 Å². The van der Waals surface area contributed by atoms with Gasteiger partial charge in [-0.25, -0.2) is 4.79 Å². The van der Waals surface area contributed by atoms with Gasteiger partial charge in [-0.1, -0.05) is 54.1 Å². The Morgan fingerprint density at radius 3 is 2.09 bits per heavy atom. The lowest BCUT2D eigenvalue weighted by atomic mass is 10.1. The Kier molecular flexibility index (Phi) is 5.04. The van der Waals surface area contributed by atoms with Crippen molar-refractivity contribution in [2.75, 3.05) is 0 Å². The average molecular weight is 292 g/mol. The summed E-state index contributed by atoms with van der Waals surface area (Å²) in [7, 11) is 0. The first-order chi connectivity index (χ1) is 10.5. The van der Waals surface area contributed by atoms with E-state index in [1.807, 2.05) is 37.3 Å². The fraction of sp³-hybridized carbons (Fsp3) is 0.0526. The molecule has 0 spiro atoms. The molecule has 0 aromatic heterocycles. The number of aryl methyl sites for hydroxylation is 1. The van der Waals surface area contributed by atoms with Gasteiger partial charge in [-0.15, -0.1) is 0 Å². The van der Waals surface area contributed by atoms with Gasteiger partial charge >= 0.3 is 5.97 Å². The van der Waals surface area contributed by atoms with Gasteiger partial charge in [0, 0.05) is 11.6 Å². The summed E-state index contributed by atoms with van der Waals surface area (Å²) in [6.45, 7) is 1.97. The summed E-state index contributed by atoms with van der Waals surface area (Å²) in [6.07, 6.45) is 5.84. The highest BCUT2D eigenvalue weighted by molar-refractivity contribution is 6.06. The summed E-state index contributed by atoms with van der Waals surface area (Å²) in [4.78, 5) is 22.6. The molecule has 3 nitrogen and oxygen atoms in total. The fourth-order valence-electron chi connectivity index (χ4n) is 1.92. The molecule has 2 rings (SSSR count). The van der Waals surface area contributed by atoms with E-state index in [-0.39, 0.29) is 5.78 Å². The van der Waals surface area contributed by atoms with Crippen LogP contribution in [0.3, 0.4) is 0 Å². The number of allylic oxidation sites excluding steroid dienone is 1. The van der Waals surface area contributed by atoms with Gasteiger partial charge in [0.2, 0.25) is 0 Å². The Morgan fingerprint density at radius 2 is 1.50 bits per heavy atom. The van der Waals surface area contributed by atoms with Crippen LogP contribution in [0.25, 0.3) is 12.2 Å². The molecule has 0 radical (unpaired) electrons. The number of ketones is 1. The summed E-state index contributed by atoms with van der Waals surface area (Å²) in [5.74, 6) is -1.05. The van der Waals surface area contributed by atoms with E-state index < -0.39 is 5.97 Å². The first-order valence-electron chi connectivity index (χ1n) is 6.85. The predicted octanol–water partition coefficient (Wildman–Crippen LogP) is 3.99. The van der Waals surface area contributed by atoms with Gasteiger partial charge in [0.1, 0.15) is 0 Å². The standard InChI is InChI=1S/C19H16O3/c1-14-5-9-17(10-6-14)18(20)11-7-15-3-2-4-16(13-15)8-12-19(21)22/h2-13H,1H3,(H,21,22). The molecule has 0 aliphatic heterocycles. The maximum atomic E-state index is 12.1. The van der Waals surface area contributed by atoms with Gasteiger partial charge in [-0.2, -0.15) is 0 Å². The molecule has 0 bridgehead atoms. The van der Waals surface area contributed by atoms with Crippen LogP contribution >= 0.6 is 0 Å². The van der Waals surface area contributed by atoms with Crippen molar-refractivity contribution < 1.29 is 14.7 Å². The number of aliphatic carboxylic acids is 1. The molecule has 0 amide bonds. The lowest BCUT2D eigenvalue weighted by Crippen LogP contribution is -1.93. The van der Waals surface area contributed by atoms with E-state index in [2.05, 4.69) is 0 Å². The Morgan fingerprint density at radius 1 is 0.909 bits per heavy atom. The minimum atomic E-state index is -0.990. The van der Waals surface area contributed by atoms with Crippen molar-refractivity contribution in [3.63, 3.8) is 0 Å². The number of benzene rings is 2. The second-order valence-electron chi connectivity index (χ2n) is 4.91. The van der Waals surface area contributed by atoms with Gasteiger partial charge in [0.05, 0.1) is 0 Å². The zero-order valence-electron chi connectivity index (χ0n) is 12.2. The van der Waals surface area contributed by atoms with Crippen molar-refractivity contribution in [2.45, 2.75) is 6.92 Å². The molecule has 22 heavy (non-hydrogen) atoms. The lowest BCUT2D eigenvalue weighted by Gasteiger charge is -1.98. The third kappa shape index (κ3) is 4.56. The molecule has 0 atom stereocenters. The Hall–Kier alpha value is -2.94. The van der Waals surface area contributed by atoms with Crippen LogP contribution in [0.5, 0.6) is 0 Å². The predicted molar refractivity (Wildman–Crippen MR) is 87.7 cm³/mol. The number of hydrogen-bond donors (Lipinski definition) is 1. The Labute approximate surface area is 129 Å². The van der Waals surface area contributed by atoms with Gasteiger partial charge in [-0.05, 0) is 36.3 Å². The zero-order valence-corrected chi connectivity index (χ0v) is 12.2. The van der Waals surface area contributed by atoms with Crippen molar-refractivity contribution in [2.24, 2.45) is 0 Å². The minimum Gasteiger partial charge on any atom is -0.478 e. The maximum Gasteiger partial charge on any atom is 0.328 e. The van der Waals surface area contributed by atoms with Gasteiger partial charge in [0.15, 0.2) is 5.78 Å². The fourth-order valence-corrected chi connectivity index (χ4v) is 1.92. The highest BCUT2D eigenvalue weighted by Gasteiger charge is 2.00. The van der Waals surface area contributed by atoms with E-state index in [9.17, 15) is 9.59 Å². The van der Waals surface area contributed by atoms with Crippen molar-refractivity contribution >= 4 is 23.9 Å². The molecular formula is C19H16O3. The highest BCUT2D eigenvalue weighted by Crippen LogP contribution is 2.10. The molecule has 0 aliphatic carbocycles. The first kappa shape index (κ1) is 15.4. The molecule has 0 unspecified atom stereocenters. The van der Waals surface area contributed by atoms with Crippen LogP contribution in [-0.4, -0.2) is 16.9 Å². The molecule has 0 saturated heterocycles. The SMILES string of the molecule is Cc1ccc(C(=O)C=Cc2cccc(C=CC(=O)O)c2)cc1. The maximum absolute atomic E-state index is 12.1. The van der Waals surface area contributed by atoms with Crippen LogP contribution < -0.4 is 0 Å². The van der Waals surface area contributed by atoms with E-state index in [0.717, 1.165) is 22.8 Å². The number of carboxylic acids is 1. The molecule has 3 heteroatoms. The average Bonchev–Trinajstić information content (AvgIpc) is 2.52.